The number of hydrogen-bond donors (Lipinski definition) is 1. The first kappa shape index (κ1) is 12.8. The number of phenolic OH excluding ortho intramolecular Hbond substituents is 1. The summed E-state index contributed by atoms with van der Waals surface area (Å²) < 4.78 is 5.18. The second kappa shape index (κ2) is 5.02. The Kier molecular flexibility index (Phi) is 3.20. The van der Waals surface area contributed by atoms with Crippen LogP contribution in [-0.2, 0) is 0 Å². The highest BCUT2D eigenvalue weighted by Crippen LogP contribution is 2.28. The fraction of sp³-hybridized carbons (Fsp3) is 0. The number of phenols is 1. The standard InChI is InChI=1S/C14H8BClN2O2/c15-9-4-5-12(19)11(7-9)13-17-14(20-18-13)8-2-1-3-10(16)6-8/h1-7,19H. The fourth-order valence-corrected chi connectivity index (χ4v) is 1.99. The molecular formula is C14H8BClN2O2. The molecule has 0 bridgehead atoms. The molecule has 0 amide bonds. The van der Waals surface area contributed by atoms with E-state index in [-0.39, 0.29) is 11.6 Å². The topological polar surface area (TPSA) is 59.2 Å². The molecule has 0 saturated carbocycles. The summed E-state index contributed by atoms with van der Waals surface area (Å²) in [5.74, 6) is 0.631. The summed E-state index contributed by atoms with van der Waals surface area (Å²) in [5.41, 5.74) is 1.63. The Bertz CT molecular complexity index is 773. The van der Waals surface area contributed by atoms with Crippen molar-refractivity contribution in [3.8, 4) is 28.6 Å². The highest BCUT2D eigenvalue weighted by molar-refractivity contribution is 6.32. The molecule has 0 saturated heterocycles. The van der Waals surface area contributed by atoms with Crippen molar-refractivity contribution in [2.75, 3.05) is 0 Å². The van der Waals surface area contributed by atoms with E-state index in [1.54, 1.807) is 30.3 Å². The maximum absolute atomic E-state index is 9.81. The highest BCUT2D eigenvalue weighted by Gasteiger charge is 2.13. The second-order valence-corrected chi connectivity index (χ2v) is 4.65. The van der Waals surface area contributed by atoms with Crippen LogP contribution in [0, 0.1) is 0 Å². The molecule has 2 radical (unpaired) electrons. The number of aromatic nitrogens is 2. The Labute approximate surface area is 121 Å². The Morgan fingerprint density at radius 1 is 1.15 bits per heavy atom. The minimum Gasteiger partial charge on any atom is -0.507 e. The van der Waals surface area contributed by atoms with Gasteiger partial charge in [0, 0.05) is 10.6 Å². The van der Waals surface area contributed by atoms with Gasteiger partial charge in [0.2, 0.25) is 5.82 Å². The molecule has 0 unspecified atom stereocenters. The van der Waals surface area contributed by atoms with Gasteiger partial charge in [-0.3, -0.25) is 0 Å². The van der Waals surface area contributed by atoms with Crippen LogP contribution in [0.1, 0.15) is 0 Å². The number of hydrogen-bond acceptors (Lipinski definition) is 4. The third-order valence-corrected chi connectivity index (χ3v) is 2.99. The number of rotatable bonds is 2. The first-order valence-corrected chi connectivity index (χ1v) is 6.20. The summed E-state index contributed by atoms with van der Waals surface area (Å²) in [6.07, 6.45) is 0. The van der Waals surface area contributed by atoms with Gasteiger partial charge < -0.3 is 9.63 Å². The quantitative estimate of drug-likeness (QED) is 0.734. The first-order valence-electron chi connectivity index (χ1n) is 5.82. The predicted octanol–water partition coefficient (Wildman–Crippen LogP) is 2.56. The van der Waals surface area contributed by atoms with E-state index in [0.717, 1.165) is 0 Å². The molecule has 0 atom stereocenters. The molecule has 0 fully saturated rings. The predicted molar refractivity (Wildman–Crippen MR) is 77.2 cm³/mol. The lowest BCUT2D eigenvalue weighted by Crippen LogP contribution is -2.01. The molecule has 4 nitrogen and oxygen atoms in total. The maximum atomic E-state index is 9.81. The third-order valence-electron chi connectivity index (χ3n) is 2.76. The lowest BCUT2D eigenvalue weighted by atomic mass is 9.94. The van der Waals surface area contributed by atoms with E-state index in [1.165, 1.54) is 6.07 Å². The first-order chi connectivity index (χ1) is 9.63. The van der Waals surface area contributed by atoms with Gasteiger partial charge in [-0.05, 0) is 24.3 Å². The normalized spacial score (nSPS) is 10.7. The van der Waals surface area contributed by atoms with Crippen LogP contribution in [-0.4, -0.2) is 23.1 Å². The molecule has 0 aliphatic heterocycles. The molecule has 3 rings (SSSR count). The molecular weight excluding hydrogens is 274 g/mol. The van der Waals surface area contributed by atoms with Crippen LogP contribution in [0.15, 0.2) is 47.0 Å². The van der Waals surface area contributed by atoms with Gasteiger partial charge in [0.1, 0.15) is 13.6 Å². The largest absolute Gasteiger partial charge is 0.507 e. The zero-order valence-corrected chi connectivity index (χ0v) is 11.0. The van der Waals surface area contributed by atoms with Crippen molar-refractivity contribution in [2.24, 2.45) is 0 Å². The fourth-order valence-electron chi connectivity index (χ4n) is 1.80. The van der Waals surface area contributed by atoms with Gasteiger partial charge >= 0.3 is 0 Å². The molecule has 0 spiro atoms. The smallest absolute Gasteiger partial charge is 0.258 e. The van der Waals surface area contributed by atoms with E-state index < -0.39 is 0 Å². The summed E-state index contributed by atoms with van der Waals surface area (Å²) in [5, 5.41) is 14.2. The molecule has 3 aromatic rings. The Balaban J connectivity index is 2.04. The zero-order valence-electron chi connectivity index (χ0n) is 10.2. The van der Waals surface area contributed by atoms with Crippen molar-refractivity contribution in [3.05, 3.63) is 47.5 Å². The van der Waals surface area contributed by atoms with Crippen LogP contribution in [0.5, 0.6) is 5.75 Å². The second-order valence-electron chi connectivity index (χ2n) is 4.21. The Morgan fingerprint density at radius 3 is 2.80 bits per heavy atom. The maximum Gasteiger partial charge on any atom is 0.258 e. The van der Waals surface area contributed by atoms with Crippen molar-refractivity contribution >= 4 is 24.9 Å². The SMILES string of the molecule is [B]c1ccc(O)c(-c2noc(-c3cccc(Cl)c3)n2)c1. The van der Waals surface area contributed by atoms with Crippen molar-refractivity contribution in [1.82, 2.24) is 10.1 Å². The zero-order chi connectivity index (χ0) is 14.1. The van der Waals surface area contributed by atoms with Gasteiger partial charge in [0.05, 0.1) is 5.56 Å². The van der Waals surface area contributed by atoms with Gasteiger partial charge in [-0.1, -0.05) is 40.4 Å². The van der Waals surface area contributed by atoms with Crippen LogP contribution >= 0.6 is 11.6 Å². The number of aromatic hydroxyl groups is 1. The number of benzene rings is 2. The lowest BCUT2D eigenvalue weighted by Gasteiger charge is -2.00. The van der Waals surface area contributed by atoms with Crippen LogP contribution in [0.25, 0.3) is 22.8 Å². The number of nitrogens with zero attached hydrogens (tertiary/aromatic N) is 2. The van der Waals surface area contributed by atoms with E-state index >= 15 is 0 Å². The van der Waals surface area contributed by atoms with Crippen LogP contribution in [0.3, 0.4) is 0 Å². The Morgan fingerprint density at radius 2 is 2.00 bits per heavy atom. The van der Waals surface area contributed by atoms with E-state index in [1.807, 2.05) is 6.07 Å². The minimum absolute atomic E-state index is 0.0395. The molecule has 1 N–H and O–H groups in total. The van der Waals surface area contributed by atoms with E-state index in [0.29, 0.717) is 27.5 Å². The van der Waals surface area contributed by atoms with Crippen LogP contribution < -0.4 is 5.46 Å². The molecule has 20 heavy (non-hydrogen) atoms. The van der Waals surface area contributed by atoms with Crippen molar-refractivity contribution in [2.45, 2.75) is 0 Å². The minimum atomic E-state index is 0.0395. The van der Waals surface area contributed by atoms with Gasteiger partial charge in [-0.2, -0.15) is 4.98 Å². The van der Waals surface area contributed by atoms with Gasteiger partial charge in [-0.15, -0.1) is 0 Å². The molecule has 96 valence electrons. The van der Waals surface area contributed by atoms with Gasteiger partial charge in [0.25, 0.3) is 5.89 Å². The highest BCUT2D eigenvalue weighted by atomic mass is 35.5. The molecule has 1 aromatic heterocycles. The third kappa shape index (κ3) is 2.40. The van der Waals surface area contributed by atoms with E-state index in [9.17, 15) is 5.11 Å². The summed E-state index contributed by atoms with van der Waals surface area (Å²) in [7, 11) is 5.69. The summed E-state index contributed by atoms with van der Waals surface area (Å²) in [6, 6.07) is 11.7. The van der Waals surface area contributed by atoms with E-state index in [2.05, 4.69) is 10.1 Å². The summed E-state index contributed by atoms with van der Waals surface area (Å²) in [6.45, 7) is 0. The van der Waals surface area contributed by atoms with Crippen molar-refractivity contribution in [1.29, 1.82) is 0 Å². The average Bonchev–Trinajstić information content (AvgIpc) is 2.91. The van der Waals surface area contributed by atoms with Crippen LogP contribution in [0.2, 0.25) is 5.02 Å². The van der Waals surface area contributed by atoms with Gasteiger partial charge in [-0.25, -0.2) is 0 Å². The van der Waals surface area contributed by atoms with E-state index in [4.69, 9.17) is 24.0 Å². The molecule has 0 aliphatic carbocycles. The summed E-state index contributed by atoms with van der Waals surface area (Å²) >= 11 is 5.92. The lowest BCUT2D eigenvalue weighted by molar-refractivity contribution is 0.431. The Hall–Kier alpha value is -2.27. The monoisotopic (exact) mass is 282 g/mol. The van der Waals surface area contributed by atoms with Crippen LogP contribution in [0.4, 0.5) is 0 Å². The molecule has 2 aromatic carbocycles. The average molecular weight is 282 g/mol. The van der Waals surface area contributed by atoms with Crippen molar-refractivity contribution < 1.29 is 9.63 Å². The molecule has 0 aliphatic rings. The number of halogens is 1. The molecule has 6 heteroatoms. The van der Waals surface area contributed by atoms with Crippen molar-refractivity contribution in [3.63, 3.8) is 0 Å². The van der Waals surface area contributed by atoms with Gasteiger partial charge in [0.15, 0.2) is 0 Å². The molecule has 1 heterocycles. The summed E-state index contributed by atoms with van der Waals surface area (Å²) in [4.78, 5) is 4.24.